The predicted molar refractivity (Wildman–Crippen MR) is 82.8 cm³/mol. The largest absolute Gasteiger partial charge is 0.271 e. The highest BCUT2D eigenvalue weighted by atomic mass is 15.2. The van der Waals surface area contributed by atoms with E-state index in [0.29, 0.717) is 6.04 Å². The first-order chi connectivity index (χ1) is 9.74. The lowest BCUT2D eigenvalue weighted by Crippen LogP contribution is -2.57. The van der Waals surface area contributed by atoms with Gasteiger partial charge < -0.3 is 0 Å². The Balaban J connectivity index is 1.52. The van der Waals surface area contributed by atoms with E-state index in [1.54, 1.807) is 6.42 Å². The molecule has 2 nitrogen and oxygen atoms in total. The van der Waals surface area contributed by atoms with Crippen molar-refractivity contribution in [3.05, 3.63) is 0 Å². The summed E-state index contributed by atoms with van der Waals surface area (Å²) in [6, 6.07) is 0.618. The summed E-state index contributed by atoms with van der Waals surface area (Å²) in [4.78, 5) is 0. The first kappa shape index (κ1) is 13.6. The van der Waals surface area contributed by atoms with Gasteiger partial charge in [-0.2, -0.15) is 0 Å². The smallest absolute Gasteiger partial charge is 0.0272 e. The zero-order chi connectivity index (χ0) is 13.7. The van der Waals surface area contributed by atoms with Crippen LogP contribution in [0.25, 0.3) is 0 Å². The molecule has 0 aromatic carbocycles. The van der Waals surface area contributed by atoms with Gasteiger partial charge in [-0.25, -0.2) is 0 Å². The summed E-state index contributed by atoms with van der Waals surface area (Å²) >= 11 is 0. The number of hydrazine groups is 1. The molecule has 0 aromatic heterocycles. The van der Waals surface area contributed by atoms with Crippen molar-refractivity contribution in [3.8, 4) is 0 Å². The Hall–Kier alpha value is -0.0800. The van der Waals surface area contributed by atoms with Crippen LogP contribution in [0.4, 0.5) is 0 Å². The summed E-state index contributed by atoms with van der Waals surface area (Å²) in [5.41, 5.74) is 3.32. The monoisotopic (exact) mass is 276 g/mol. The molecule has 3 unspecified atom stereocenters. The van der Waals surface area contributed by atoms with E-state index < -0.39 is 0 Å². The van der Waals surface area contributed by atoms with Crippen LogP contribution in [0.5, 0.6) is 0 Å². The fraction of sp³-hybridized carbons (Fsp3) is 1.00. The molecule has 0 saturated heterocycles. The number of nitrogens with two attached hydrogens (primary N) is 1. The maximum atomic E-state index is 6.08. The highest BCUT2D eigenvalue weighted by Gasteiger charge is 2.51. The molecule has 5 rings (SSSR count). The van der Waals surface area contributed by atoms with Crippen molar-refractivity contribution in [2.75, 3.05) is 0 Å². The molecule has 5 saturated carbocycles. The van der Waals surface area contributed by atoms with Crippen LogP contribution in [0, 0.1) is 41.4 Å². The molecule has 5 fully saturated rings. The average Bonchev–Trinajstić information content (AvgIpc) is 2.42. The third-order valence-corrected chi connectivity index (χ3v) is 7.39. The third kappa shape index (κ3) is 2.23. The van der Waals surface area contributed by atoms with Crippen molar-refractivity contribution < 1.29 is 0 Å². The van der Waals surface area contributed by atoms with Crippen molar-refractivity contribution in [2.24, 2.45) is 47.3 Å². The summed E-state index contributed by atoms with van der Waals surface area (Å²) in [7, 11) is 0. The number of nitrogens with one attached hydrogen (secondary N) is 1. The predicted octanol–water partition coefficient (Wildman–Crippen LogP) is 3.72. The molecule has 0 aliphatic heterocycles. The second-order valence-corrected chi connectivity index (χ2v) is 8.73. The van der Waals surface area contributed by atoms with Crippen LogP contribution in [0.3, 0.4) is 0 Å². The molecule has 2 heteroatoms. The lowest BCUT2D eigenvalue weighted by Gasteiger charge is -2.57. The van der Waals surface area contributed by atoms with Gasteiger partial charge in [0.2, 0.25) is 0 Å². The molecule has 3 N–H and O–H groups in total. The molecular weight excluding hydrogens is 244 g/mol. The van der Waals surface area contributed by atoms with Gasteiger partial charge in [-0.3, -0.25) is 11.3 Å². The normalized spacial score (nSPS) is 52.2. The Morgan fingerprint density at radius 2 is 1.55 bits per heavy atom. The van der Waals surface area contributed by atoms with Crippen LogP contribution in [0.2, 0.25) is 0 Å². The van der Waals surface area contributed by atoms with E-state index in [2.05, 4.69) is 12.3 Å². The van der Waals surface area contributed by atoms with Crippen LogP contribution < -0.4 is 11.3 Å². The zero-order valence-corrected chi connectivity index (χ0v) is 13.1. The lowest BCUT2D eigenvalue weighted by molar-refractivity contribution is -0.0644. The van der Waals surface area contributed by atoms with Gasteiger partial charge in [0.25, 0.3) is 0 Å². The molecule has 0 spiro atoms. The first-order valence-electron chi connectivity index (χ1n) is 9.20. The van der Waals surface area contributed by atoms with Gasteiger partial charge in [0.15, 0.2) is 0 Å². The van der Waals surface area contributed by atoms with E-state index in [-0.39, 0.29) is 0 Å². The first-order valence-corrected chi connectivity index (χ1v) is 9.20. The summed E-state index contributed by atoms with van der Waals surface area (Å²) in [5.74, 6) is 12.9. The standard InChI is InChI=1S/C18H32N2/c1-11-3-2-4-14(5-11)18(20-19)17-15-7-12-6-13(9-15)10-16(17)8-12/h11-18,20H,2-10,19H2,1H3. The molecule has 0 radical (unpaired) electrons. The van der Waals surface area contributed by atoms with E-state index in [9.17, 15) is 0 Å². The van der Waals surface area contributed by atoms with Gasteiger partial charge in [-0.15, -0.1) is 0 Å². The minimum Gasteiger partial charge on any atom is -0.271 e. The average molecular weight is 276 g/mol. The van der Waals surface area contributed by atoms with Crippen LogP contribution in [0.1, 0.15) is 64.7 Å². The minimum atomic E-state index is 0.618. The van der Waals surface area contributed by atoms with Gasteiger partial charge in [0, 0.05) is 6.04 Å². The Morgan fingerprint density at radius 1 is 0.900 bits per heavy atom. The Labute approximate surface area is 124 Å². The van der Waals surface area contributed by atoms with Gasteiger partial charge in [-0.05, 0) is 86.4 Å². The van der Waals surface area contributed by atoms with Crippen LogP contribution in [0.15, 0.2) is 0 Å². The fourth-order valence-corrected chi connectivity index (χ4v) is 6.92. The summed E-state index contributed by atoms with van der Waals surface area (Å²) in [5, 5.41) is 0. The van der Waals surface area contributed by atoms with Crippen molar-refractivity contribution >= 4 is 0 Å². The van der Waals surface area contributed by atoms with E-state index in [4.69, 9.17) is 5.84 Å². The number of rotatable bonds is 3. The number of hydrogen-bond acceptors (Lipinski definition) is 2. The van der Waals surface area contributed by atoms with Crippen LogP contribution in [-0.4, -0.2) is 6.04 Å². The summed E-state index contributed by atoms with van der Waals surface area (Å²) < 4.78 is 0. The topological polar surface area (TPSA) is 38.0 Å². The van der Waals surface area contributed by atoms with Crippen molar-refractivity contribution in [3.63, 3.8) is 0 Å². The quantitative estimate of drug-likeness (QED) is 0.609. The van der Waals surface area contributed by atoms with Crippen molar-refractivity contribution in [1.29, 1.82) is 0 Å². The van der Waals surface area contributed by atoms with E-state index >= 15 is 0 Å². The lowest BCUT2D eigenvalue weighted by atomic mass is 9.49. The van der Waals surface area contributed by atoms with Crippen LogP contribution >= 0.6 is 0 Å². The molecule has 20 heavy (non-hydrogen) atoms. The van der Waals surface area contributed by atoms with E-state index in [1.165, 1.54) is 51.4 Å². The number of hydrogen-bond donors (Lipinski definition) is 2. The third-order valence-electron chi connectivity index (χ3n) is 7.39. The Morgan fingerprint density at radius 3 is 2.10 bits per heavy atom. The second-order valence-electron chi connectivity index (χ2n) is 8.73. The molecule has 0 amide bonds. The molecular formula is C18H32N2. The Kier molecular flexibility index (Phi) is 3.58. The SMILES string of the molecule is CC1CCCC(C(NN)C2C3CC4CC(C3)CC2C4)C1. The molecule has 114 valence electrons. The highest BCUT2D eigenvalue weighted by molar-refractivity contribution is 5.02. The Bertz CT molecular complexity index is 325. The highest BCUT2D eigenvalue weighted by Crippen LogP contribution is 2.58. The molecule has 5 aliphatic carbocycles. The molecule has 0 heterocycles. The second kappa shape index (κ2) is 5.28. The summed E-state index contributed by atoms with van der Waals surface area (Å²) in [6.45, 7) is 2.44. The summed E-state index contributed by atoms with van der Waals surface area (Å²) in [6.07, 6.45) is 13.4. The van der Waals surface area contributed by atoms with Gasteiger partial charge in [0.1, 0.15) is 0 Å². The van der Waals surface area contributed by atoms with E-state index in [1.807, 2.05) is 0 Å². The van der Waals surface area contributed by atoms with E-state index in [0.717, 1.165) is 41.4 Å². The van der Waals surface area contributed by atoms with Gasteiger partial charge >= 0.3 is 0 Å². The molecule has 0 aromatic rings. The molecule has 5 aliphatic rings. The molecule has 4 bridgehead atoms. The maximum absolute atomic E-state index is 6.08. The minimum absolute atomic E-state index is 0.618. The van der Waals surface area contributed by atoms with Crippen LogP contribution in [-0.2, 0) is 0 Å². The van der Waals surface area contributed by atoms with Gasteiger partial charge in [0.05, 0.1) is 0 Å². The fourth-order valence-electron chi connectivity index (χ4n) is 6.92. The maximum Gasteiger partial charge on any atom is 0.0272 e. The van der Waals surface area contributed by atoms with Crippen molar-refractivity contribution in [2.45, 2.75) is 70.8 Å². The van der Waals surface area contributed by atoms with Crippen molar-refractivity contribution in [1.82, 2.24) is 5.43 Å². The molecule has 3 atom stereocenters. The van der Waals surface area contributed by atoms with Gasteiger partial charge in [-0.1, -0.05) is 19.8 Å². The zero-order valence-electron chi connectivity index (χ0n) is 13.1.